The van der Waals surface area contributed by atoms with E-state index < -0.39 is 0 Å². The molecule has 0 saturated heterocycles. The van der Waals surface area contributed by atoms with Crippen LogP contribution >= 0.6 is 0 Å². The third kappa shape index (κ3) is 3.60. The summed E-state index contributed by atoms with van der Waals surface area (Å²) in [6.45, 7) is 0. The van der Waals surface area contributed by atoms with E-state index in [0.29, 0.717) is 18.2 Å². The van der Waals surface area contributed by atoms with Crippen molar-refractivity contribution in [2.75, 3.05) is 0 Å². The number of ether oxygens (including phenoxy) is 1. The van der Waals surface area contributed by atoms with Gasteiger partial charge in [-0.3, -0.25) is 4.79 Å². The first-order chi connectivity index (χ1) is 10.3. The lowest BCUT2D eigenvalue weighted by Crippen LogP contribution is -2.29. The summed E-state index contributed by atoms with van der Waals surface area (Å²) < 4.78 is 10.6. The van der Waals surface area contributed by atoms with Gasteiger partial charge in [0.1, 0.15) is 6.10 Å². The van der Waals surface area contributed by atoms with Gasteiger partial charge in [0.15, 0.2) is 5.82 Å². The van der Waals surface area contributed by atoms with E-state index in [1.807, 2.05) is 0 Å². The molecule has 1 aromatic rings. The molecule has 6 heteroatoms. The molecule has 2 saturated carbocycles. The van der Waals surface area contributed by atoms with Gasteiger partial charge in [-0.1, -0.05) is 11.6 Å². The molecule has 0 amide bonds. The summed E-state index contributed by atoms with van der Waals surface area (Å²) in [6.07, 6.45) is 6.29. The van der Waals surface area contributed by atoms with Crippen LogP contribution < -0.4 is 0 Å². The SMILES string of the molecule is N#C[C@@H]1CCCC[C@@H]1OC(=O)CCc1nc(C2CC2)no1. The van der Waals surface area contributed by atoms with Crippen LogP contribution in [0.1, 0.15) is 62.6 Å². The highest BCUT2D eigenvalue weighted by Gasteiger charge is 2.30. The van der Waals surface area contributed by atoms with E-state index in [1.54, 1.807) is 0 Å². The van der Waals surface area contributed by atoms with Gasteiger partial charge in [0.05, 0.1) is 18.4 Å². The Kier molecular flexibility index (Phi) is 4.18. The van der Waals surface area contributed by atoms with E-state index in [0.717, 1.165) is 44.3 Å². The maximum absolute atomic E-state index is 11.9. The average Bonchev–Trinajstić information content (AvgIpc) is 3.25. The number of hydrogen-bond donors (Lipinski definition) is 0. The van der Waals surface area contributed by atoms with E-state index in [9.17, 15) is 4.79 Å². The number of esters is 1. The van der Waals surface area contributed by atoms with Gasteiger partial charge in [0, 0.05) is 12.3 Å². The third-order valence-corrected chi connectivity index (χ3v) is 4.12. The van der Waals surface area contributed by atoms with E-state index in [2.05, 4.69) is 16.2 Å². The summed E-state index contributed by atoms with van der Waals surface area (Å²) in [7, 11) is 0. The molecule has 0 N–H and O–H groups in total. The minimum absolute atomic E-state index is 0.160. The first-order valence-electron chi connectivity index (χ1n) is 7.68. The Hall–Kier alpha value is -1.90. The lowest BCUT2D eigenvalue weighted by Gasteiger charge is -2.26. The molecule has 2 atom stereocenters. The van der Waals surface area contributed by atoms with E-state index in [1.165, 1.54) is 0 Å². The summed E-state index contributed by atoms with van der Waals surface area (Å²) in [5.41, 5.74) is 0. The first-order valence-corrected chi connectivity index (χ1v) is 7.68. The molecule has 2 fully saturated rings. The molecular weight excluding hydrogens is 270 g/mol. The van der Waals surface area contributed by atoms with Crippen LogP contribution in [-0.2, 0) is 16.0 Å². The predicted molar refractivity (Wildman–Crippen MR) is 72.0 cm³/mol. The summed E-state index contributed by atoms with van der Waals surface area (Å²) in [5.74, 6) is 1.26. The van der Waals surface area contributed by atoms with Crippen molar-refractivity contribution in [3.63, 3.8) is 0 Å². The second-order valence-electron chi connectivity index (χ2n) is 5.87. The molecule has 2 aliphatic carbocycles. The first kappa shape index (κ1) is 14.1. The topological polar surface area (TPSA) is 89.0 Å². The fraction of sp³-hybridized carbons (Fsp3) is 0.733. The van der Waals surface area contributed by atoms with Crippen LogP contribution in [0.4, 0.5) is 0 Å². The molecule has 0 bridgehead atoms. The van der Waals surface area contributed by atoms with Gasteiger partial charge in [-0.05, 0) is 32.1 Å². The predicted octanol–water partition coefficient (Wildman–Crippen LogP) is 2.51. The smallest absolute Gasteiger partial charge is 0.306 e. The third-order valence-electron chi connectivity index (χ3n) is 4.12. The molecule has 0 aromatic carbocycles. The van der Waals surface area contributed by atoms with E-state index >= 15 is 0 Å². The monoisotopic (exact) mass is 289 g/mol. The van der Waals surface area contributed by atoms with Crippen LogP contribution in [0, 0.1) is 17.2 Å². The second kappa shape index (κ2) is 6.25. The quantitative estimate of drug-likeness (QED) is 0.774. The van der Waals surface area contributed by atoms with Gasteiger partial charge in [-0.2, -0.15) is 10.2 Å². The minimum atomic E-state index is -0.284. The van der Waals surface area contributed by atoms with Crippen LogP contribution in [0.15, 0.2) is 4.52 Å². The summed E-state index contributed by atoms with van der Waals surface area (Å²) >= 11 is 0. The van der Waals surface area contributed by atoms with Crippen molar-refractivity contribution in [3.05, 3.63) is 11.7 Å². The molecule has 21 heavy (non-hydrogen) atoms. The number of nitrogens with zero attached hydrogens (tertiary/aromatic N) is 3. The Morgan fingerprint density at radius 3 is 2.90 bits per heavy atom. The largest absolute Gasteiger partial charge is 0.461 e. The Bertz CT molecular complexity index is 545. The zero-order chi connectivity index (χ0) is 14.7. The zero-order valence-electron chi connectivity index (χ0n) is 12.0. The molecule has 112 valence electrons. The van der Waals surface area contributed by atoms with Crippen molar-refractivity contribution in [3.8, 4) is 6.07 Å². The van der Waals surface area contributed by atoms with Gasteiger partial charge in [0.2, 0.25) is 5.89 Å². The molecule has 0 spiro atoms. The van der Waals surface area contributed by atoms with Crippen LogP contribution in [0.3, 0.4) is 0 Å². The van der Waals surface area contributed by atoms with Crippen LogP contribution in [0.25, 0.3) is 0 Å². The summed E-state index contributed by atoms with van der Waals surface area (Å²) in [4.78, 5) is 16.2. The van der Waals surface area contributed by atoms with E-state index in [-0.39, 0.29) is 24.4 Å². The fourth-order valence-corrected chi connectivity index (χ4v) is 2.70. The normalized spacial score (nSPS) is 25.3. The molecule has 0 unspecified atom stereocenters. The van der Waals surface area contributed by atoms with Crippen molar-refractivity contribution in [1.82, 2.24) is 10.1 Å². The Labute approximate surface area is 123 Å². The molecule has 3 rings (SSSR count). The van der Waals surface area contributed by atoms with Gasteiger partial charge >= 0.3 is 5.97 Å². The maximum Gasteiger partial charge on any atom is 0.306 e. The number of carbonyl (C=O) groups is 1. The van der Waals surface area contributed by atoms with Crippen LogP contribution in [0.5, 0.6) is 0 Å². The highest BCUT2D eigenvalue weighted by molar-refractivity contribution is 5.69. The number of hydrogen-bond acceptors (Lipinski definition) is 6. The van der Waals surface area contributed by atoms with Crippen molar-refractivity contribution < 1.29 is 14.1 Å². The lowest BCUT2D eigenvalue weighted by atomic mass is 9.87. The van der Waals surface area contributed by atoms with E-state index in [4.69, 9.17) is 14.5 Å². The van der Waals surface area contributed by atoms with Gasteiger partial charge in [0.25, 0.3) is 0 Å². The molecule has 1 heterocycles. The minimum Gasteiger partial charge on any atom is -0.461 e. The van der Waals surface area contributed by atoms with Crippen LogP contribution in [0.2, 0.25) is 0 Å². The molecule has 0 radical (unpaired) electrons. The van der Waals surface area contributed by atoms with Crippen LogP contribution in [-0.4, -0.2) is 22.2 Å². The summed E-state index contributed by atoms with van der Waals surface area (Å²) in [5, 5.41) is 13.0. The summed E-state index contributed by atoms with van der Waals surface area (Å²) in [6, 6.07) is 2.24. The number of aromatic nitrogens is 2. The Balaban J connectivity index is 1.46. The van der Waals surface area contributed by atoms with Crippen molar-refractivity contribution in [1.29, 1.82) is 5.26 Å². The number of aryl methyl sites for hydroxylation is 1. The lowest BCUT2D eigenvalue weighted by molar-refractivity contribution is -0.152. The maximum atomic E-state index is 11.9. The number of rotatable bonds is 5. The standard InChI is InChI=1S/C15H19N3O3/c16-9-11-3-1-2-4-12(11)20-14(19)8-7-13-17-15(18-21-13)10-5-6-10/h10-12H,1-8H2/t11-,12-/m0/s1. The Morgan fingerprint density at radius 2 is 2.14 bits per heavy atom. The highest BCUT2D eigenvalue weighted by atomic mass is 16.5. The highest BCUT2D eigenvalue weighted by Crippen LogP contribution is 2.38. The van der Waals surface area contributed by atoms with Crippen molar-refractivity contribution >= 4 is 5.97 Å². The molecular formula is C15H19N3O3. The van der Waals surface area contributed by atoms with Crippen molar-refractivity contribution in [2.45, 2.75) is 63.4 Å². The van der Waals surface area contributed by atoms with Gasteiger partial charge in [-0.25, -0.2) is 0 Å². The molecule has 2 aliphatic rings. The molecule has 0 aliphatic heterocycles. The van der Waals surface area contributed by atoms with Crippen molar-refractivity contribution in [2.24, 2.45) is 5.92 Å². The molecule has 1 aromatic heterocycles. The number of nitriles is 1. The zero-order valence-corrected chi connectivity index (χ0v) is 12.0. The Morgan fingerprint density at radius 1 is 1.33 bits per heavy atom. The molecule has 6 nitrogen and oxygen atoms in total. The van der Waals surface area contributed by atoms with Gasteiger partial charge < -0.3 is 9.26 Å². The number of carbonyl (C=O) groups excluding carboxylic acids is 1. The van der Waals surface area contributed by atoms with Gasteiger partial charge in [-0.15, -0.1) is 0 Å². The average molecular weight is 289 g/mol. The fourth-order valence-electron chi connectivity index (χ4n) is 2.70. The second-order valence-corrected chi connectivity index (χ2v) is 5.87.